The smallest absolute Gasteiger partial charge is 0.326 e. The van der Waals surface area contributed by atoms with Crippen LogP contribution in [-0.2, 0) is 64.0 Å². The third-order valence-electron chi connectivity index (χ3n) is 11.0. The zero-order valence-corrected chi connectivity index (χ0v) is 42.2. The minimum absolute atomic E-state index is 0.0318. The quantitative estimate of drug-likeness (QED) is 0.0306. The number of carboxylic acids is 3. The Labute approximate surface area is 423 Å². The lowest BCUT2D eigenvalue weighted by atomic mass is 9.99. The molecule has 26 heteroatoms. The number of primary amides is 1. The van der Waals surface area contributed by atoms with Crippen molar-refractivity contribution in [3.05, 3.63) is 35.9 Å². The number of aliphatic carboxylic acids is 3. The van der Waals surface area contributed by atoms with Crippen molar-refractivity contribution in [2.24, 2.45) is 35.0 Å². The molecule has 0 aliphatic carbocycles. The summed E-state index contributed by atoms with van der Waals surface area (Å²) in [7, 11) is 0. The predicted octanol–water partition coefficient (Wildman–Crippen LogP) is -2.76. The number of benzene rings is 1. The summed E-state index contributed by atoms with van der Waals surface area (Å²) in [5.41, 5.74) is 17.4. The lowest BCUT2D eigenvalue weighted by molar-refractivity contribution is -0.144. The van der Waals surface area contributed by atoms with Gasteiger partial charge in [-0.2, -0.15) is 0 Å². The highest BCUT2D eigenvalue weighted by Crippen LogP contribution is 2.12. The van der Waals surface area contributed by atoms with Crippen LogP contribution in [0.1, 0.15) is 105 Å². The molecule has 73 heavy (non-hydrogen) atoms. The number of hydrogen-bond acceptors (Lipinski definition) is 14. The number of amides is 9. The summed E-state index contributed by atoms with van der Waals surface area (Å²) in [6.45, 7) is 9.95. The highest BCUT2D eigenvalue weighted by atomic mass is 16.4. The normalized spacial score (nSPS) is 14.4. The van der Waals surface area contributed by atoms with E-state index < -0.39 is 152 Å². The van der Waals surface area contributed by atoms with E-state index in [4.69, 9.17) is 17.2 Å². The molecule has 1 aromatic carbocycles. The van der Waals surface area contributed by atoms with E-state index in [0.29, 0.717) is 12.0 Å². The molecule has 1 aromatic rings. The van der Waals surface area contributed by atoms with E-state index in [1.54, 1.807) is 71.9 Å². The third-order valence-corrected chi connectivity index (χ3v) is 11.0. The number of rotatable bonds is 35. The predicted molar refractivity (Wildman–Crippen MR) is 262 cm³/mol. The Balaban J connectivity index is 3.35. The van der Waals surface area contributed by atoms with E-state index in [-0.39, 0.29) is 56.4 Å². The van der Waals surface area contributed by atoms with Gasteiger partial charge in [0.2, 0.25) is 53.2 Å². The zero-order valence-electron chi connectivity index (χ0n) is 42.2. The fraction of sp³-hybridized carbons (Fsp3) is 0.617. The molecule has 9 amide bonds. The molecule has 0 saturated heterocycles. The molecule has 26 nitrogen and oxygen atoms in total. The van der Waals surface area contributed by atoms with Gasteiger partial charge >= 0.3 is 17.9 Å². The Bertz CT molecular complexity index is 2070. The molecule has 0 heterocycles. The first-order valence-corrected chi connectivity index (χ1v) is 24.0. The summed E-state index contributed by atoms with van der Waals surface area (Å²) in [5, 5.41) is 47.8. The van der Waals surface area contributed by atoms with Gasteiger partial charge in [-0.05, 0) is 68.4 Å². The van der Waals surface area contributed by atoms with E-state index in [2.05, 4.69) is 42.5 Å². The summed E-state index contributed by atoms with van der Waals surface area (Å²) in [4.78, 5) is 155. The number of hydrogen-bond donors (Lipinski definition) is 14. The van der Waals surface area contributed by atoms with Gasteiger partial charge in [-0.3, -0.25) is 52.7 Å². The fourth-order valence-corrected chi connectivity index (χ4v) is 7.01. The van der Waals surface area contributed by atoms with Crippen molar-refractivity contribution in [1.82, 2.24) is 42.5 Å². The number of nitrogens with two attached hydrogens (primary N) is 3. The molecule has 0 radical (unpaired) electrons. The maximum absolute atomic E-state index is 13.9. The molecular weight excluding hydrogens is 959 g/mol. The van der Waals surface area contributed by atoms with Gasteiger partial charge in [0.05, 0.1) is 25.4 Å². The molecule has 0 unspecified atom stereocenters. The molecule has 1 rings (SSSR count). The molecule has 0 aromatic heterocycles. The first-order chi connectivity index (χ1) is 34.1. The second kappa shape index (κ2) is 32.7. The van der Waals surface area contributed by atoms with Crippen LogP contribution in [0.3, 0.4) is 0 Å². The van der Waals surface area contributed by atoms with Crippen LogP contribution in [-0.4, -0.2) is 148 Å². The Morgan fingerprint density at radius 2 is 0.959 bits per heavy atom. The standard InChI is InChI=1S/C47H75N11O15/c1-24(2)18-30(52-36(60)23-51-40(65)32(20-27-12-8-7-9-13-27)58-46(71)39(50)26(5)6)42(67)55-31(19-25(3)4)43(68)57-33(21-37(61)62)44(69)53-28(15-16-35(49)59)41(66)56-34(22-38(63)64)45(70)54-29(47(72)73)14-10-11-17-48/h7-9,12-13,24-26,28-34,39H,10-11,14-23,48,50H2,1-6H3,(H2,49,59)(H,51,65)(H,52,60)(H,53,69)(H,54,70)(H,55,67)(H,56,66)(H,57,68)(H,58,71)(H,61,62)(H,63,64)(H,72,73)/t28-,29-,30-,31-,32-,33-,34-,39-/m0/s1. The maximum Gasteiger partial charge on any atom is 0.326 e. The van der Waals surface area contributed by atoms with Crippen molar-refractivity contribution < 1.29 is 72.9 Å². The minimum atomic E-state index is -1.96. The van der Waals surface area contributed by atoms with Gasteiger partial charge in [-0.1, -0.05) is 71.9 Å². The van der Waals surface area contributed by atoms with Crippen molar-refractivity contribution in [1.29, 1.82) is 0 Å². The van der Waals surface area contributed by atoms with Gasteiger partial charge in [0.25, 0.3) is 0 Å². The molecule has 0 aliphatic heterocycles. The first kappa shape index (κ1) is 63.8. The average Bonchev–Trinajstić information content (AvgIpc) is 3.29. The number of carbonyl (C=O) groups excluding carboxylic acids is 9. The number of nitrogens with one attached hydrogen (secondary N) is 8. The lowest BCUT2D eigenvalue weighted by Gasteiger charge is -2.28. The van der Waals surface area contributed by atoms with Gasteiger partial charge in [0.15, 0.2) is 0 Å². The van der Waals surface area contributed by atoms with Crippen LogP contribution < -0.4 is 59.7 Å². The van der Waals surface area contributed by atoms with Gasteiger partial charge in [0.1, 0.15) is 42.3 Å². The molecule has 0 saturated carbocycles. The van der Waals surface area contributed by atoms with E-state index in [1.807, 2.05) is 0 Å². The Hall–Kier alpha value is -7.22. The van der Waals surface area contributed by atoms with Gasteiger partial charge in [-0.25, -0.2) is 4.79 Å². The molecule has 0 spiro atoms. The van der Waals surface area contributed by atoms with Crippen molar-refractivity contribution in [3.63, 3.8) is 0 Å². The van der Waals surface area contributed by atoms with Crippen molar-refractivity contribution >= 4 is 71.1 Å². The number of unbranched alkanes of at least 4 members (excludes halogenated alkanes) is 1. The summed E-state index contributed by atoms with van der Waals surface area (Å²) in [5.74, 6) is -14.2. The highest BCUT2D eigenvalue weighted by Gasteiger charge is 2.36. The average molecular weight is 1030 g/mol. The number of carboxylic acid groups (broad SMARTS) is 3. The van der Waals surface area contributed by atoms with E-state index in [1.165, 1.54) is 0 Å². The summed E-state index contributed by atoms with van der Waals surface area (Å²) in [6, 6.07) is -3.23. The van der Waals surface area contributed by atoms with E-state index in [9.17, 15) is 72.9 Å². The minimum Gasteiger partial charge on any atom is -0.481 e. The number of carbonyl (C=O) groups is 12. The van der Waals surface area contributed by atoms with Gasteiger partial charge < -0.3 is 75.1 Å². The summed E-state index contributed by atoms with van der Waals surface area (Å²) in [6.07, 6.45) is -2.69. The third kappa shape index (κ3) is 25.6. The summed E-state index contributed by atoms with van der Waals surface area (Å²) >= 11 is 0. The van der Waals surface area contributed by atoms with Crippen LogP contribution in [0.5, 0.6) is 0 Å². The second-order valence-electron chi connectivity index (χ2n) is 18.7. The monoisotopic (exact) mass is 1030 g/mol. The maximum atomic E-state index is 13.9. The van der Waals surface area contributed by atoms with Crippen LogP contribution >= 0.6 is 0 Å². The van der Waals surface area contributed by atoms with Crippen molar-refractivity contribution in [3.8, 4) is 0 Å². The molecule has 0 aliphatic rings. The topological polar surface area (TPSA) is 440 Å². The van der Waals surface area contributed by atoms with Crippen LogP contribution in [0.2, 0.25) is 0 Å². The van der Waals surface area contributed by atoms with Crippen molar-refractivity contribution in [2.45, 2.75) is 154 Å². The molecule has 0 bridgehead atoms. The van der Waals surface area contributed by atoms with E-state index in [0.717, 1.165) is 0 Å². The Morgan fingerprint density at radius 1 is 0.521 bits per heavy atom. The zero-order chi connectivity index (χ0) is 55.5. The Morgan fingerprint density at radius 3 is 1.41 bits per heavy atom. The highest BCUT2D eigenvalue weighted by molar-refractivity contribution is 5.99. The molecule has 17 N–H and O–H groups in total. The van der Waals surface area contributed by atoms with Crippen LogP contribution in [0.4, 0.5) is 0 Å². The largest absolute Gasteiger partial charge is 0.481 e. The SMILES string of the molecule is CC(C)C[C@H](NC(=O)CNC(=O)[C@H](Cc1ccccc1)NC(=O)[C@@H](N)C(C)C)C(=O)N[C@@H](CC(C)C)C(=O)N[C@@H](CC(=O)O)C(=O)N[C@@H](CCC(N)=O)C(=O)N[C@@H](CC(=O)O)C(=O)N[C@@H](CCCCN)C(=O)O. The van der Waals surface area contributed by atoms with Crippen LogP contribution in [0.25, 0.3) is 0 Å². The molecule has 408 valence electrons. The first-order valence-electron chi connectivity index (χ1n) is 24.0. The van der Waals surface area contributed by atoms with Gasteiger partial charge in [-0.15, -0.1) is 0 Å². The summed E-state index contributed by atoms with van der Waals surface area (Å²) < 4.78 is 0. The molecule has 8 atom stereocenters. The Kier molecular flexibility index (Phi) is 28.6. The van der Waals surface area contributed by atoms with Crippen LogP contribution in [0, 0.1) is 17.8 Å². The van der Waals surface area contributed by atoms with Crippen LogP contribution in [0.15, 0.2) is 30.3 Å². The van der Waals surface area contributed by atoms with E-state index >= 15 is 0 Å². The van der Waals surface area contributed by atoms with Gasteiger partial charge in [0, 0.05) is 12.8 Å². The lowest BCUT2D eigenvalue weighted by Crippen LogP contribution is -2.60. The fourth-order valence-electron chi connectivity index (χ4n) is 7.01. The van der Waals surface area contributed by atoms with Crippen molar-refractivity contribution in [2.75, 3.05) is 13.1 Å². The second-order valence-corrected chi connectivity index (χ2v) is 18.7. The molecule has 0 fully saturated rings. The molecular formula is C47H75N11O15.